The number of para-hydroxylation sites is 1. The van der Waals surface area contributed by atoms with Crippen molar-refractivity contribution in [2.24, 2.45) is 0 Å². The number of furan rings is 1. The molecule has 0 radical (unpaired) electrons. The summed E-state index contributed by atoms with van der Waals surface area (Å²) >= 11 is 0. The lowest BCUT2D eigenvalue weighted by molar-refractivity contribution is 0.670. The van der Waals surface area contributed by atoms with Crippen LogP contribution in [0.15, 0.2) is 126 Å². The van der Waals surface area contributed by atoms with E-state index >= 15 is 0 Å². The van der Waals surface area contributed by atoms with Gasteiger partial charge in [0.15, 0.2) is 0 Å². The highest BCUT2D eigenvalue weighted by molar-refractivity contribution is 6.24. The van der Waals surface area contributed by atoms with Crippen molar-refractivity contribution in [3.8, 4) is 22.4 Å². The maximum atomic E-state index is 6.60. The number of aromatic nitrogens is 2. The van der Waals surface area contributed by atoms with Crippen molar-refractivity contribution in [2.45, 2.75) is 13.8 Å². The first-order valence-corrected chi connectivity index (χ1v) is 14.7. The van der Waals surface area contributed by atoms with Crippen LogP contribution in [0.4, 0.5) is 0 Å². The number of rotatable bonds is 2. The van der Waals surface area contributed by atoms with E-state index in [-0.39, 0.29) is 0 Å². The molecule has 9 rings (SSSR count). The number of aryl methyl sites for hydroxylation is 2. The molecule has 0 saturated heterocycles. The lowest BCUT2D eigenvalue weighted by Crippen LogP contribution is -1.94. The molecule has 0 N–H and O–H groups in total. The highest BCUT2D eigenvalue weighted by atomic mass is 16.3. The molecule has 9 aromatic rings. The van der Waals surface area contributed by atoms with E-state index in [0.29, 0.717) is 0 Å². The molecule has 0 spiro atoms. The van der Waals surface area contributed by atoms with Gasteiger partial charge in [0, 0.05) is 32.7 Å². The highest BCUT2D eigenvalue weighted by Gasteiger charge is 2.20. The van der Waals surface area contributed by atoms with Crippen LogP contribution in [0.5, 0.6) is 0 Å². The van der Waals surface area contributed by atoms with E-state index < -0.39 is 0 Å². The summed E-state index contributed by atoms with van der Waals surface area (Å²) in [6.45, 7) is 4.26. The first-order chi connectivity index (χ1) is 21.1. The molecule has 0 aliphatic rings. The Morgan fingerprint density at radius 3 is 1.95 bits per heavy atom. The van der Waals surface area contributed by atoms with Gasteiger partial charge in [-0.05, 0) is 65.2 Å². The Hall–Kier alpha value is -5.54. The SMILES string of the molecule is Cc1ccc2c3ccc(C)cc3c3nc(-c4ccccc4-c4cc5ccccc5c5c4oc4ccccc45)cnc3c2c1. The van der Waals surface area contributed by atoms with Crippen molar-refractivity contribution in [1.82, 2.24) is 9.97 Å². The second kappa shape index (κ2) is 8.98. The van der Waals surface area contributed by atoms with Crippen LogP contribution < -0.4 is 0 Å². The topological polar surface area (TPSA) is 38.9 Å². The van der Waals surface area contributed by atoms with E-state index in [1.807, 2.05) is 18.3 Å². The molecule has 43 heavy (non-hydrogen) atoms. The summed E-state index contributed by atoms with van der Waals surface area (Å²) in [5.74, 6) is 0. The minimum absolute atomic E-state index is 0.843. The minimum Gasteiger partial charge on any atom is -0.455 e. The summed E-state index contributed by atoms with van der Waals surface area (Å²) in [4.78, 5) is 10.5. The van der Waals surface area contributed by atoms with E-state index in [4.69, 9.17) is 14.4 Å². The van der Waals surface area contributed by atoms with Crippen molar-refractivity contribution in [1.29, 1.82) is 0 Å². The fraction of sp³-hybridized carbons (Fsp3) is 0.0500. The van der Waals surface area contributed by atoms with Crippen LogP contribution in [0.25, 0.3) is 87.7 Å². The van der Waals surface area contributed by atoms with Gasteiger partial charge in [-0.1, -0.05) is 102 Å². The largest absolute Gasteiger partial charge is 0.455 e. The number of hydrogen-bond acceptors (Lipinski definition) is 3. The fourth-order valence-corrected chi connectivity index (χ4v) is 6.80. The van der Waals surface area contributed by atoms with Gasteiger partial charge in [-0.3, -0.25) is 4.98 Å². The second-order valence-electron chi connectivity index (χ2n) is 11.5. The third-order valence-corrected chi connectivity index (χ3v) is 8.79. The van der Waals surface area contributed by atoms with Gasteiger partial charge in [0.25, 0.3) is 0 Å². The zero-order chi connectivity index (χ0) is 28.7. The number of hydrogen-bond donors (Lipinski definition) is 0. The van der Waals surface area contributed by atoms with Crippen LogP contribution in [0.1, 0.15) is 11.1 Å². The Balaban J connectivity index is 1.37. The third-order valence-electron chi connectivity index (χ3n) is 8.79. The van der Waals surface area contributed by atoms with E-state index in [1.54, 1.807) is 0 Å². The van der Waals surface area contributed by atoms with Gasteiger partial charge >= 0.3 is 0 Å². The second-order valence-corrected chi connectivity index (χ2v) is 11.5. The molecule has 202 valence electrons. The monoisotopic (exact) mass is 550 g/mol. The molecule has 0 amide bonds. The predicted octanol–water partition coefficient (Wildman–Crippen LogP) is 10.9. The molecule has 0 aliphatic carbocycles. The molecule has 3 heteroatoms. The molecule has 2 heterocycles. The summed E-state index contributed by atoms with van der Waals surface area (Å²) in [6.07, 6.45) is 1.93. The van der Waals surface area contributed by atoms with Crippen LogP contribution in [0.3, 0.4) is 0 Å². The van der Waals surface area contributed by atoms with Crippen molar-refractivity contribution in [2.75, 3.05) is 0 Å². The zero-order valence-electron chi connectivity index (χ0n) is 23.8. The molecule has 3 nitrogen and oxygen atoms in total. The van der Waals surface area contributed by atoms with E-state index in [0.717, 1.165) is 66.1 Å². The Kier molecular flexibility index (Phi) is 5.03. The van der Waals surface area contributed by atoms with Crippen LogP contribution >= 0.6 is 0 Å². The minimum atomic E-state index is 0.843. The van der Waals surface area contributed by atoms with Crippen molar-refractivity contribution >= 4 is 65.3 Å². The van der Waals surface area contributed by atoms with Crippen LogP contribution in [-0.4, -0.2) is 9.97 Å². The zero-order valence-corrected chi connectivity index (χ0v) is 23.8. The molecule has 0 fully saturated rings. The van der Waals surface area contributed by atoms with E-state index in [9.17, 15) is 0 Å². The number of fused-ring (bicyclic) bond motifs is 11. The first-order valence-electron chi connectivity index (χ1n) is 14.7. The van der Waals surface area contributed by atoms with Gasteiger partial charge in [0.1, 0.15) is 11.2 Å². The molecule has 0 saturated carbocycles. The Bertz CT molecular complexity index is 2590. The molecular weight excluding hydrogens is 524 g/mol. The van der Waals surface area contributed by atoms with Crippen molar-refractivity contribution in [3.63, 3.8) is 0 Å². The Morgan fingerprint density at radius 2 is 1.16 bits per heavy atom. The fourth-order valence-electron chi connectivity index (χ4n) is 6.80. The number of benzene rings is 7. The molecule has 2 aromatic heterocycles. The molecule has 0 unspecified atom stereocenters. The number of nitrogens with zero attached hydrogens (tertiary/aromatic N) is 2. The van der Waals surface area contributed by atoms with Gasteiger partial charge in [0.2, 0.25) is 0 Å². The van der Waals surface area contributed by atoms with Crippen LogP contribution in [0, 0.1) is 13.8 Å². The van der Waals surface area contributed by atoms with Gasteiger partial charge in [-0.2, -0.15) is 0 Å². The van der Waals surface area contributed by atoms with E-state index in [1.165, 1.54) is 32.7 Å². The predicted molar refractivity (Wildman–Crippen MR) is 180 cm³/mol. The first kappa shape index (κ1) is 24.1. The molecule has 7 aromatic carbocycles. The van der Waals surface area contributed by atoms with Crippen LogP contribution in [0.2, 0.25) is 0 Å². The average molecular weight is 551 g/mol. The quantitative estimate of drug-likeness (QED) is 0.201. The smallest absolute Gasteiger partial charge is 0.143 e. The van der Waals surface area contributed by atoms with Gasteiger partial charge in [0.05, 0.1) is 22.9 Å². The highest BCUT2D eigenvalue weighted by Crippen LogP contribution is 2.44. The maximum Gasteiger partial charge on any atom is 0.143 e. The summed E-state index contributed by atoms with van der Waals surface area (Å²) in [7, 11) is 0. The average Bonchev–Trinajstić information content (AvgIpc) is 3.44. The van der Waals surface area contributed by atoms with Gasteiger partial charge in [-0.15, -0.1) is 0 Å². The van der Waals surface area contributed by atoms with Crippen molar-refractivity contribution < 1.29 is 4.42 Å². The Morgan fingerprint density at radius 1 is 0.512 bits per heavy atom. The summed E-state index contributed by atoms with van der Waals surface area (Å²) in [5.41, 5.74) is 10.1. The maximum absolute atomic E-state index is 6.60. The molecule has 0 atom stereocenters. The van der Waals surface area contributed by atoms with Gasteiger partial charge in [-0.25, -0.2) is 4.98 Å². The lowest BCUT2D eigenvalue weighted by atomic mass is 9.92. The summed E-state index contributed by atoms with van der Waals surface area (Å²) in [5, 5.41) is 9.32. The van der Waals surface area contributed by atoms with Gasteiger partial charge < -0.3 is 4.42 Å². The lowest BCUT2D eigenvalue weighted by Gasteiger charge is -2.14. The summed E-state index contributed by atoms with van der Waals surface area (Å²) in [6, 6.07) is 40.9. The third kappa shape index (κ3) is 3.55. The van der Waals surface area contributed by atoms with E-state index in [2.05, 4.69) is 117 Å². The molecule has 0 aliphatic heterocycles. The molecular formula is C40H26N2O. The van der Waals surface area contributed by atoms with Crippen LogP contribution in [-0.2, 0) is 0 Å². The molecule has 0 bridgehead atoms. The van der Waals surface area contributed by atoms with Crippen molar-refractivity contribution in [3.05, 3.63) is 133 Å². The standard InChI is InChI=1S/C40H26N2O/c1-23-15-17-28-29-18-16-24(2)20-33(29)39-38(32(28)19-23)41-22-35(42-39)30-12-6-5-11-27(30)34-21-25-9-3-4-10-26(25)37-31-13-7-8-14-36(31)43-40(34)37/h3-22H,1-2H3. The Labute approximate surface area is 248 Å². The normalized spacial score (nSPS) is 12.0. The summed E-state index contributed by atoms with van der Waals surface area (Å²) < 4.78 is 6.60.